The molecule has 2 rings (SSSR count). The molecule has 1 amide bonds. The number of amides is 1. The van der Waals surface area contributed by atoms with E-state index >= 15 is 0 Å². The number of carbonyl (C=O) groups is 1. The molecule has 0 bridgehead atoms. The molecule has 0 aliphatic carbocycles. The van der Waals surface area contributed by atoms with Crippen LogP contribution in [0.1, 0.15) is 43.0 Å². The summed E-state index contributed by atoms with van der Waals surface area (Å²) >= 11 is 0. The van der Waals surface area contributed by atoms with Crippen molar-refractivity contribution in [2.45, 2.75) is 32.6 Å². The fourth-order valence-corrected chi connectivity index (χ4v) is 2.49. The highest BCUT2D eigenvalue weighted by atomic mass is 16.2. The van der Waals surface area contributed by atoms with Crippen molar-refractivity contribution >= 4 is 11.7 Å². The van der Waals surface area contributed by atoms with Gasteiger partial charge in [0.05, 0.1) is 5.56 Å². The van der Waals surface area contributed by atoms with Crippen LogP contribution in [0.15, 0.2) is 18.3 Å². The molecule has 4 nitrogen and oxygen atoms in total. The van der Waals surface area contributed by atoms with Crippen LogP contribution in [0.4, 0.5) is 5.82 Å². The molecule has 0 saturated carbocycles. The van der Waals surface area contributed by atoms with Gasteiger partial charge in [-0.15, -0.1) is 0 Å². The monoisotopic (exact) mass is 247 g/mol. The number of carbonyl (C=O) groups excluding carboxylic acids is 1. The molecule has 0 aromatic carbocycles. The lowest BCUT2D eigenvalue weighted by Crippen LogP contribution is -2.32. The average molecular weight is 247 g/mol. The van der Waals surface area contributed by atoms with Gasteiger partial charge in [-0.05, 0) is 37.3 Å². The largest absolute Gasteiger partial charge is 0.384 e. The van der Waals surface area contributed by atoms with Gasteiger partial charge in [-0.2, -0.15) is 0 Å². The summed E-state index contributed by atoms with van der Waals surface area (Å²) in [5.41, 5.74) is 6.17. The lowest BCUT2D eigenvalue weighted by Gasteiger charge is -2.20. The summed E-state index contributed by atoms with van der Waals surface area (Å²) in [5, 5.41) is 0. The van der Waals surface area contributed by atoms with Crippen molar-refractivity contribution in [2.75, 3.05) is 18.8 Å². The molecule has 2 heterocycles. The normalized spacial score (nSPS) is 20.5. The fourth-order valence-electron chi connectivity index (χ4n) is 2.49. The molecule has 98 valence electrons. The van der Waals surface area contributed by atoms with Gasteiger partial charge < -0.3 is 10.6 Å². The molecule has 18 heavy (non-hydrogen) atoms. The molecule has 2 N–H and O–H groups in total. The van der Waals surface area contributed by atoms with Gasteiger partial charge in [-0.1, -0.05) is 13.3 Å². The van der Waals surface area contributed by atoms with Crippen LogP contribution in [0, 0.1) is 5.92 Å². The van der Waals surface area contributed by atoms with Gasteiger partial charge in [-0.3, -0.25) is 4.79 Å². The Morgan fingerprint density at radius 3 is 2.94 bits per heavy atom. The summed E-state index contributed by atoms with van der Waals surface area (Å²) in [6.07, 6.45) is 6.24. The van der Waals surface area contributed by atoms with Crippen LogP contribution in [-0.4, -0.2) is 28.9 Å². The zero-order valence-corrected chi connectivity index (χ0v) is 10.9. The molecule has 0 spiro atoms. The quantitative estimate of drug-likeness (QED) is 0.872. The highest BCUT2D eigenvalue weighted by molar-refractivity contribution is 5.94. The third-order valence-electron chi connectivity index (χ3n) is 3.75. The smallest absolute Gasteiger partial charge is 0.255 e. The predicted molar refractivity (Wildman–Crippen MR) is 72.2 cm³/mol. The van der Waals surface area contributed by atoms with Crippen molar-refractivity contribution in [1.29, 1.82) is 0 Å². The number of pyridine rings is 1. The Kier molecular flexibility index (Phi) is 4.18. The maximum absolute atomic E-state index is 12.3. The minimum atomic E-state index is 0.0826. The Hall–Kier alpha value is -1.58. The number of anilines is 1. The predicted octanol–water partition coefficient (Wildman–Crippen LogP) is 2.32. The maximum atomic E-state index is 12.3. The van der Waals surface area contributed by atoms with E-state index in [-0.39, 0.29) is 5.91 Å². The van der Waals surface area contributed by atoms with Crippen LogP contribution in [0.2, 0.25) is 0 Å². The van der Waals surface area contributed by atoms with Gasteiger partial charge in [0.2, 0.25) is 0 Å². The highest BCUT2D eigenvalue weighted by Crippen LogP contribution is 2.21. The molecule has 1 aromatic heterocycles. The lowest BCUT2D eigenvalue weighted by molar-refractivity contribution is 0.0759. The summed E-state index contributed by atoms with van der Waals surface area (Å²) in [4.78, 5) is 18.2. The van der Waals surface area contributed by atoms with Crippen LogP contribution in [0.5, 0.6) is 0 Å². The Morgan fingerprint density at radius 1 is 1.44 bits per heavy atom. The highest BCUT2D eigenvalue weighted by Gasteiger charge is 2.20. The first-order valence-electron chi connectivity index (χ1n) is 6.71. The molecular formula is C14H21N3O. The van der Waals surface area contributed by atoms with E-state index in [9.17, 15) is 4.79 Å². The summed E-state index contributed by atoms with van der Waals surface area (Å²) in [7, 11) is 0. The summed E-state index contributed by atoms with van der Waals surface area (Å²) in [6.45, 7) is 3.95. The van der Waals surface area contributed by atoms with Crippen LogP contribution >= 0.6 is 0 Å². The molecule has 0 radical (unpaired) electrons. The second-order valence-corrected chi connectivity index (χ2v) is 4.97. The van der Waals surface area contributed by atoms with Crippen LogP contribution in [0.3, 0.4) is 0 Å². The minimum Gasteiger partial charge on any atom is -0.384 e. The van der Waals surface area contributed by atoms with Gasteiger partial charge >= 0.3 is 0 Å². The van der Waals surface area contributed by atoms with Gasteiger partial charge in [0.15, 0.2) is 0 Å². The first-order chi connectivity index (χ1) is 8.70. The first-order valence-corrected chi connectivity index (χ1v) is 6.71. The van der Waals surface area contributed by atoms with Gasteiger partial charge in [0.1, 0.15) is 5.82 Å². The fraction of sp³-hybridized carbons (Fsp3) is 0.571. The number of likely N-dealkylation sites (tertiary alicyclic amines) is 1. The van der Waals surface area contributed by atoms with Crippen LogP contribution in [0.25, 0.3) is 0 Å². The zero-order valence-electron chi connectivity index (χ0n) is 10.9. The summed E-state index contributed by atoms with van der Waals surface area (Å²) in [6, 6.07) is 3.44. The average Bonchev–Trinajstić information content (AvgIpc) is 2.64. The Bertz CT molecular complexity index is 402. The number of nitrogen functional groups attached to an aromatic ring is 1. The third-order valence-corrected chi connectivity index (χ3v) is 3.75. The van der Waals surface area contributed by atoms with E-state index in [1.807, 2.05) is 4.90 Å². The third kappa shape index (κ3) is 3.00. The lowest BCUT2D eigenvalue weighted by atomic mass is 9.98. The van der Waals surface area contributed by atoms with Crippen molar-refractivity contribution in [1.82, 2.24) is 9.88 Å². The number of aromatic nitrogens is 1. The van der Waals surface area contributed by atoms with E-state index in [1.54, 1.807) is 18.3 Å². The molecule has 1 saturated heterocycles. The number of rotatable bonds is 2. The van der Waals surface area contributed by atoms with Crippen LogP contribution in [-0.2, 0) is 0 Å². The molecule has 1 unspecified atom stereocenters. The van der Waals surface area contributed by atoms with Crippen LogP contribution < -0.4 is 5.73 Å². The van der Waals surface area contributed by atoms with E-state index in [1.165, 1.54) is 12.8 Å². The maximum Gasteiger partial charge on any atom is 0.255 e. The number of nitrogens with zero attached hydrogens (tertiary/aromatic N) is 2. The number of hydrogen-bond acceptors (Lipinski definition) is 3. The van der Waals surface area contributed by atoms with Crippen molar-refractivity contribution in [3.8, 4) is 0 Å². The second-order valence-electron chi connectivity index (χ2n) is 4.97. The van der Waals surface area contributed by atoms with Crippen molar-refractivity contribution in [3.05, 3.63) is 23.9 Å². The SMILES string of the molecule is CCC1CCCN(C(=O)c2ccc(N)nc2)CC1. The van der Waals surface area contributed by atoms with E-state index in [2.05, 4.69) is 11.9 Å². The zero-order chi connectivity index (χ0) is 13.0. The van der Waals surface area contributed by atoms with E-state index in [0.29, 0.717) is 11.4 Å². The second kappa shape index (κ2) is 5.85. The Morgan fingerprint density at radius 2 is 2.28 bits per heavy atom. The van der Waals surface area contributed by atoms with E-state index in [0.717, 1.165) is 31.8 Å². The number of nitrogens with two attached hydrogens (primary N) is 1. The topological polar surface area (TPSA) is 59.2 Å². The molecular weight excluding hydrogens is 226 g/mol. The van der Waals surface area contributed by atoms with Gasteiger partial charge in [0, 0.05) is 19.3 Å². The van der Waals surface area contributed by atoms with Gasteiger partial charge in [0.25, 0.3) is 5.91 Å². The first kappa shape index (κ1) is 12.9. The molecule has 1 aliphatic heterocycles. The van der Waals surface area contributed by atoms with E-state index < -0.39 is 0 Å². The standard InChI is InChI=1S/C14H21N3O/c1-2-11-4-3-8-17(9-7-11)14(18)12-5-6-13(15)16-10-12/h5-6,10-11H,2-4,7-9H2,1H3,(H2,15,16). The Labute approximate surface area is 108 Å². The van der Waals surface area contributed by atoms with Crippen molar-refractivity contribution < 1.29 is 4.79 Å². The molecule has 1 aliphatic rings. The van der Waals surface area contributed by atoms with Crippen molar-refractivity contribution in [2.24, 2.45) is 5.92 Å². The van der Waals surface area contributed by atoms with Gasteiger partial charge in [-0.25, -0.2) is 4.98 Å². The summed E-state index contributed by atoms with van der Waals surface area (Å²) < 4.78 is 0. The molecule has 1 atom stereocenters. The van der Waals surface area contributed by atoms with Crippen molar-refractivity contribution in [3.63, 3.8) is 0 Å². The number of hydrogen-bond donors (Lipinski definition) is 1. The Balaban J connectivity index is 2.02. The summed E-state index contributed by atoms with van der Waals surface area (Å²) in [5.74, 6) is 1.31. The molecule has 1 aromatic rings. The molecule has 4 heteroatoms. The minimum absolute atomic E-state index is 0.0826. The molecule has 1 fully saturated rings. The van der Waals surface area contributed by atoms with E-state index in [4.69, 9.17) is 5.73 Å².